The lowest BCUT2D eigenvalue weighted by atomic mass is 10.0. The molecule has 0 spiro atoms. The maximum absolute atomic E-state index is 15.4. The molecule has 4 heterocycles. The third kappa shape index (κ3) is 6.13. The van der Waals surface area contributed by atoms with Crippen LogP contribution in [0.15, 0.2) is 95.2 Å². The van der Waals surface area contributed by atoms with Gasteiger partial charge in [0.2, 0.25) is 0 Å². The van der Waals surface area contributed by atoms with E-state index in [0.29, 0.717) is 17.9 Å². The summed E-state index contributed by atoms with van der Waals surface area (Å²) >= 11 is 0. The van der Waals surface area contributed by atoms with Crippen molar-refractivity contribution in [1.82, 2.24) is 28.5 Å². The minimum absolute atomic E-state index is 0.0710. The predicted octanol–water partition coefficient (Wildman–Crippen LogP) is 4.58. The van der Waals surface area contributed by atoms with Crippen molar-refractivity contribution in [3.8, 4) is 28.3 Å². The van der Waals surface area contributed by atoms with E-state index in [1.54, 1.807) is 47.7 Å². The summed E-state index contributed by atoms with van der Waals surface area (Å²) in [6.07, 6.45) is 7.80. The standard InChI is InChI=1S/C33H28F2N6O5/c1-3-45-13-12-39-20-26(32(43)41(33(39)44)25-7-5-24(34)6-8-25)29(42)15-21-4-9-30(27(35)14-21)46-31-16-22(23-17-37-38(2)18-23)19-40-28(31)10-11-36-40/h4-11,14,16-20H,3,12-13,15H2,1-2H3. The Morgan fingerprint density at radius 1 is 0.913 bits per heavy atom. The van der Waals surface area contributed by atoms with Gasteiger partial charge >= 0.3 is 5.69 Å². The lowest BCUT2D eigenvalue weighted by Gasteiger charge is -2.13. The molecular weight excluding hydrogens is 598 g/mol. The molecule has 0 unspecified atom stereocenters. The van der Waals surface area contributed by atoms with Crippen LogP contribution in [-0.4, -0.2) is 47.5 Å². The van der Waals surface area contributed by atoms with Gasteiger partial charge in [-0.15, -0.1) is 0 Å². The number of rotatable bonds is 11. The highest BCUT2D eigenvalue weighted by molar-refractivity contribution is 5.97. The van der Waals surface area contributed by atoms with E-state index in [2.05, 4.69) is 10.2 Å². The maximum Gasteiger partial charge on any atom is 0.335 e. The Kier molecular flexibility index (Phi) is 8.40. The molecule has 6 aromatic rings. The van der Waals surface area contributed by atoms with Gasteiger partial charge in [-0.25, -0.2) is 22.7 Å². The van der Waals surface area contributed by atoms with E-state index < -0.39 is 28.7 Å². The lowest BCUT2D eigenvalue weighted by molar-refractivity contribution is 0.0988. The molecule has 46 heavy (non-hydrogen) atoms. The first-order chi connectivity index (χ1) is 22.2. The van der Waals surface area contributed by atoms with Crippen molar-refractivity contribution in [3.63, 3.8) is 0 Å². The second-order valence-electron chi connectivity index (χ2n) is 10.5. The third-order valence-electron chi connectivity index (χ3n) is 7.31. The molecule has 0 fully saturated rings. The fourth-order valence-corrected chi connectivity index (χ4v) is 5.02. The van der Waals surface area contributed by atoms with Gasteiger partial charge < -0.3 is 9.47 Å². The Morgan fingerprint density at radius 3 is 2.43 bits per heavy atom. The van der Waals surface area contributed by atoms with Crippen molar-refractivity contribution in [3.05, 3.63) is 129 Å². The second kappa shape index (κ2) is 12.7. The minimum atomic E-state index is -0.868. The molecule has 4 aromatic heterocycles. The Bertz CT molecular complexity index is 2180. The van der Waals surface area contributed by atoms with E-state index in [4.69, 9.17) is 9.47 Å². The number of benzene rings is 2. The number of aryl methyl sites for hydroxylation is 1. The quantitative estimate of drug-likeness (QED) is 0.153. The number of hydrogen-bond donors (Lipinski definition) is 0. The van der Waals surface area contributed by atoms with Crippen LogP contribution in [0.4, 0.5) is 8.78 Å². The number of aromatic nitrogens is 6. The number of hydrogen-bond acceptors (Lipinski definition) is 7. The molecule has 6 rings (SSSR count). The zero-order valence-corrected chi connectivity index (χ0v) is 24.9. The van der Waals surface area contributed by atoms with Gasteiger partial charge in [0.25, 0.3) is 5.56 Å². The van der Waals surface area contributed by atoms with Gasteiger partial charge in [0.15, 0.2) is 23.1 Å². The van der Waals surface area contributed by atoms with Gasteiger partial charge in [-0.2, -0.15) is 10.2 Å². The van der Waals surface area contributed by atoms with Crippen LogP contribution in [0.5, 0.6) is 11.5 Å². The second-order valence-corrected chi connectivity index (χ2v) is 10.5. The third-order valence-corrected chi connectivity index (χ3v) is 7.31. The first-order valence-electron chi connectivity index (χ1n) is 14.4. The first kappa shape index (κ1) is 30.3. The summed E-state index contributed by atoms with van der Waals surface area (Å²) in [5.74, 6) is -1.63. The van der Waals surface area contributed by atoms with Gasteiger partial charge in [-0.1, -0.05) is 6.07 Å². The molecule has 11 nitrogen and oxygen atoms in total. The zero-order chi connectivity index (χ0) is 32.4. The summed E-state index contributed by atoms with van der Waals surface area (Å²) in [5, 5.41) is 8.49. The Balaban J connectivity index is 1.29. The van der Waals surface area contributed by atoms with Crippen molar-refractivity contribution in [2.45, 2.75) is 19.9 Å². The SMILES string of the molecule is CCOCCn1cc(C(=O)Cc2ccc(Oc3cc(-c4cnn(C)c4)cn4nccc34)c(F)c2)c(=O)n(-c2ccc(F)cc2)c1=O. The van der Waals surface area contributed by atoms with Crippen molar-refractivity contribution in [2.24, 2.45) is 7.05 Å². The Labute approximate surface area is 260 Å². The van der Waals surface area contributed by atoms with E-state index in [9.17, 15) is 18.8 Å². The van der Waals surface area contributed by atoms with Crippen LogP contribution in [0.25, 0.3) is 22.3 Å². The number of fused-ring (bicyclic) bond motifs is 1. The zero-order valence-electron chi connectivity index (χ0n) is 24.9. The van der Waals surface area contributed by atoms with Gasteiger partial charge in [-0.3, -0.25) is 18.8 Å². The minimum Gasteiger partial charge on any atom is -0.452 e. The van der Waals surface area contributed by atoms with Crippen LogP contribution in [0.1, 0.15) is 22.8 Å². The number of nitrogens with zero attached hydrogens (tertiary/aromatic N) is 6. The number of ether oxygens (including phenoxy) is 2. The molecule has 0 aliphatic rings. The van der Waals surface area contributed by atoms with E-state index >= 15 is 4.39 Å². The molecule has 2 aromatic carbocycles. The summed E-state index contributed by atoms with van der Waals surface area (Å²) in [6.45, 7) is 2.44. The lowest BCUT2D eigenvalue weighted by Crippen LogP contribution is -2.42. The highest BCUT2D eigenvalue weighted by atomic mass is 19.1. The van der Waals surface area contributed by atoms with Crippen molar-refractivity contribution in [2.75, 3.05) is 13.2 Å². The van der Waals surface area contributed by atoms with E-state index in [-0.39, 0.29) is 42.1 Å². The van der Waals surface area contributed by atoms with Crippen molar-refractivity contribution >= 4 is 11.3 Å². The topological polar surface area (TPSA) is 115 Å². The summed E-state index contributed by atoms with van der Waals surface area (Å²) in [4.78, 5) is 40.1. The average molecular weight is 627 g/mol. The summed E-state index contributed by atoms with van der Waals surface area (Å²) in [5.41, 5.74) is 0.725. The van der Waals surface area contributed by atoms with E-state index in [1.165, 1.54) is 35.0 Å². The normalized spacial score (nSPS) is 11.3. The van der Waals surface area contributed by atoms with Crippen LogP contribution in [0, 0.1) is 11.6 Å². The molecule has 0 N–H and O–H groups in total. The highest BCUT2D eigenvalue weighted by Gasteiger charge is 2.20. The largest absolute Gasteiger partial charge is 0.452 e. The van der Waals surface area contributed by atoms with E-state index in [0.717, 1.165) is 33.9 Å². The molecule has 0 amide bonds. The Morgan fingerprint density at radius 2 is 1.72 bits per heavy atom. The smallest absolute Gasteiger partial charge is 0.335 e. The predicted molar refractivity (Wildman–Crippen MR) is 165 cm³/mol. The van der Waals surface area contributed by atoms with Crippen molar-refractivity contribution in [1.29, 1.82) is 0 Å². The van der Waals surface area contributed by atoms with Crippen LogP contribution in [0.2, 0.25) is 0 Å². The first-order valence-corrected chi connectivity index (χ1v) is 14.4. The fraction of sp³-hybridized carbons (Fsp3) is 0.182. The number of Topliss-reactive ketones (excluding diaryl/α,β-unsaturated/α-hetero) is 1. The highest BCUT2D eigenvalue weighted by Crippen LogP contribution is 2.32. The molecular formula is C33H28F2N6O5. The summed E-state index contributed by atoms with van der Waals surface area (Å²) in [7, 11) is 1.80. The van der Waals surface area contributed by atoms with Crippen LogP contribution < -0.4 is 16.0 Å². The number of pyridine rings is 1. The van der Waals surface area contributed by atoms with Crippen LogP contribution in [0.3, 0.4) is 0 Å². The molecule has 0 aliphatic carbocycles. The van der Waals surface area contributed by atoms with Crippen LogP contribution >= 0.6 is 0 Å². The fourth-order valence-electron chi connectivity index (χ4n) is 5.02. The van der Waals surface area contributed by atoms with E-state index in [1.807, 2.05) is 12.4 Å². The molecule has 0 saturated carbocycles. The molecule has 0 radical (unpaired) electrons. The van der Waals surface area contributed by atoms with Crippen LogP contribution in [-0.2, 0) is 24.8 Å². The molecule has 0 aliphatic heterocycles. The monoisotopic (exact) mass is 626 g/mol. The average Bonchev–Trinajstić information content (AvgIpc) is 3.70. The van der Waals surface area contributed by atoms with Gasteiger partial charge in [0.1, 0.15) is 16.9 Å². The number of ketones is 1. The molecule has 0 atom stereocenters. The molecule has 234 valence electrons. The Hall–Kier alpha value is -5.69. The van der Waals surface area contributed by atoms with Gasteiger partial charge in [0, 0.05) is 49.8 Å². The number of carbonyl (C=O) groups excluding carboxylic acids is 1. The molecule has 0 bridgehead atoms. The van der Waals surface area contributed by atoms with Gasteiger partial charge in [0.05, 0.1) is 31.2 Å². The number of carbonyl (C=O) groups is 1. The van der Waals surface area contributed by atoms with Crippen molar-refractivity contribution < 1.29 is 23.0 Å². The maximum atomic E-state index is 15.4. The summed E-state index contributed by atoms with van der Waals surface area (Å²) in [6, 6.07) is 12.4. The summed E-state index contributed by atoms with van der Waals surface area (Å²) < 4.78 is 45.6. The molecule has 0 saturated heterocycles. The molecule has 13 heteroatoms. The number of halogens is 2. The van der Waals surface area contributed by atoms with Gasteiger partial charge in [-0.05, 0) is 61.0 Å².